The molecule has 2 rings (SSSR count). The minimum atomic E-state index is -0.0354. The Morgan fingerprint density at radius 3 is 3.13 bits per heavy atom. The van der Waals surface area contributed by atoms with Crippen molar-refractivity contribution >= 4 is 33.8 Å². The smallest absolute Gasteiger partial charge is 0.272 e. The monoisotopic (exact) mass is 238 g/mol. The van der Waals surface area contributed by atoms with Gasteiger partial charge in [-0.05, 0) is 30.6 Å². The first-order valence-corrected chi connectivity index (χ1v) is 5.73. The molecule has 0 unspecified atom stereocenters. The zero-order chi connectivity index (χ0) is 11.0. The molecule has 3 nitrogen and oxygen atoms in total. The van der Waals surface area contributed by atoms with Crippen LogP contribution in [0.25, 0.3) is 10.2 Å². The zero-order valence-electron chi connectivity index (χ0n) is 8.24. The van der Waals surface area contributed by atoms with Crippen molar-refractivity contribution in [2.24, 2.45) is 0 Å². The quantitative estimate of drug-likeness (QED) is 0.645. The van der Waals surface area contributed by atoms with E-state index in [1.54, 1.807) is 0 Å². The lowest BCUT2D eigenvalue weighted by Crippen LogP contribution is -2.21. The Kier molecular flexibility index (Phi) is 2.58. The molecule has 0 bridgehead atoms. The molecule has 2 heterocycles. The molecule has 78 valence electrons. The van der Waals surface area contributed by atoms with E-state index in [9.17, 15) is 4.79 Å². The molecule has 0 atom stereocenters. The van der Waals surface area contributed by atoms with Gasteiger partial charge in [0.05, 0.1) is 5.52 Å². The van der Waals surface area contributed by atoms with Crippen LogP contribution in [0.5, 0.6) is 0 Å². The summed E-state index contributed by atoms with van der Waals surface area (Å²) in [6.45, 7) is 6.13. The number of hydrogen-bond acceptors (Lipinski definition) is 3. The van der Waals surface area contributed by atoms with E-state index in [2.05, 4.69) is 11.6 Å². The Labute approximate surface area is 95.7 Å². The predicted octanol–water partition coefficient (Wildman–Crippen LogP) is 2.70. The summed E-state index contributed by atoms with van der Waals surface area (Å²) >= 11 is 6.55. The molecule has 0 saturated carbocycles. The molecule has 2 aromatic heterocycles. The number of nitrogens with zero attached hydrogens (tertiary/aromatic N) is 1. The van der Waals surface area contributed by atoms with Gasteiger partial charge < -0.3 is 4.98 Å². The fraction of sp³-hybridized carbons (Fsp3) is 0.200. The second-order valence-corrected chi connectivity index (χ2v) is 4.74. The Balaban J connectivity index is 2.78. The van der Waals surface area contributed by atoms with Crippen LogP contribution in [0.15, 0.2) is 28.4 Å². The average Bonchev–Trinajstić information content (AvgIpc) is 2.59. The molecule has 0 saturated heterocycles. The number of rotatable bonds is 2. The SMILES string of the molecule is C=C(C)Cn1c(=S)[nH]c2ccsc2c1=O. The number of allylic oxidation sites excluding steroid dienone is 1. The minimum Gasteiger partial charge on any atom is -0.331 e. The molecule has 0 aliphatic carbocycles. The third-order valence-electron chi connectivity index (χ3n) is 2.02. The summed E-state index contributed by atoms with van der Waals surface area (Å²) in [4.78, 5) is 15.0. The van der Waals surface area contributed by atoms with Gasteiger partial charge in [0, 0.05) is 6.54 Å². The van der Waals surface area contributed by atoms with Crippen molar-refractivity contribution < 1.29 is 0 Å². The van der Waals surface area contributed by atoms with Crippen LogP contribution < -0.4 is 5.56 Å². The van der Waals surface area contributed by atoms with Gasteiger partial charge in [0.15, 0.2) is 4.77 Å². The molecule has 0 radical (unpaired) electrons. The molecular formula is C10H10N2OS2. The van der Waals surface area contributed by atoms with E-state index < -0.39 is 0 Å². The van der Waals surface area contributed by atoms with Crippen molar-refractivity contribution in [3.8, 4) is 0 Å². The van der Waals surface area contributed by atoms with Gasteiger partial charge >= 0.3 is 0 Å². The number of fused-ring (bicyclic) bond motifs is 1. The highest BCUT2D eigenvalue weighted by Gasteiger charge is 2.05. The summed E-state index contributed by atoms with van der Waals surface area (Å²) in [6, 6.07) is 1.86. The number of aromatic nitrogens is 2. The number of nitrogens with one attached hydrogen (secondary N) is 1. The van der Waals surface area contributed by atoms with Crippen LogP contribution in [-0.4, -0.2) is 9.55 Å². The molecule has 0 aromatic carbocycles. The number of H-pyrrole nitrogens is 1. The van der Waals surface area contributed by atoms with E-state index >= 15 is 0 Å². The Morgan fingerprint density at radius 1 is 1.73 bits per heavy atom. The zero-order valence-corrected chi connectivity index (χ0v) is 9.87. The van der Waals surface area contributed by atoms with E-state index in [0.29, 0.717) is 16.0 Å². The van der Waals surface area contributed by atoms with Crippen LogP contribution in [0.1, 0.15) is 6.92 Å². The number of thiophene rings is 1. The standard InChI is InChI=1S/C10H10N2OS2/c1-6(2)5-12-9(13)8-7(3-4-15-8)11-10(12)14/h3-4H,1,5H2,2H3,(H,11,14). The van der Waals surface area contributed by atoms with Gasteiger partial charge in [-0.25, -0.2) is 0 Å². The van der Waals surface area contributed by atoms with Crippen LogP contribution >= 0.6 is 23.6 Å². The molecule has 2 aromatic rings. The minimum absolute atomic E-state index is 0.0354. The van der Waals surface area contributed by atoms with Crippen molar-refractivity contribution in [3.63, 3.8) is 0 Å². The lowest BCUT2D eigenvalue weighted by Gasteiger charge is -2.05. The van der Waals surface area contributed by atoms with Gasteiger partial charge in [-0.1, -0.05) is 12.2 Å². The summed E-state index contributed by atoms with van der Waals surface area (Å²) < 4.78 is 2.70. The van der Waals surface area contributed by atoms with E-state index in [1.165, 1.54) is 15.9 Å². The highest BCUT2D eigenvalue weighted by atomic mass is 32.1. The van der Waals surface area contributed by atoms with Crippen LogP contribution in [0.2, 0.25) is 0 Å². The molecule has 0 aliphatic rings. The summed E-state index contributed by atoms with van der Waals surface area (Å²) in [6.07, 6.45) is 0. The molecule has 5 heteroatoms. The first-order chi connectivity index (χ1) is 7.09. The van der Waals surface area contributed by atoms with Crippen LogP contribution in [0.3, 0.4) is 0 Å². The lowest BCUT2D eigenvalue weighted by molar-refractivity contribution is 0.726. The van der Waals surface area contributed by atoms with Crippen molar-refractivity contribution in [1.82, 2.24) is 9.55 Å². The second-order valence-electron chi connectivity index (χ2n) is 3.44. The number of aromatic amines is 1. The highest BCUT2D eigenvalue weighted by Crippen LogP contribution is 2.14. The largest absolute Gasteiger partial charge is 0.331 e. The predicted molar refractivity (Wildman–Crippen MR) is 66.1 cm³/mol. The Bertz CT molecular complexity index is 633. The Morgan fingerprint density at radius 2 is 2.47 bits per heavy atom. The molecule has 0 aliphatic heterocycles. The van der Waals surface area contributed by atoms with Gasteiger partial charge in [0.25, 0.3) is 5.56 Å². The maximum absolute atomic E-state index is 12.0. The van der Waals surface area contributed by atoms with E-state index in [-0.39, 0.29) is 5.56 Å². The number of hydrogen-bond donors (Lipinski definition) is 1. The normalized spacial score (nSPS) is 10.7. The van der Waals surface area contributed by atoms with Crippen LogP contribution in [-0.2, 0) is 6.54 Å². The highest BCUT2D eigenvalue weighted by molar-refractivity contribution is 7.71. The average molecular weight is 238 g/mol. The van der Waals surface area contributed by atoms with Crippen molar-refractivity contribution in [2.75, 3.05) is 0 Å². The van der Waals surface area contributed by atoms with Crippen LogP contribution in [0.4, 0.5) is 0 Å². The summed E-state index contributed by atoms with van der Waals surface area (Å²) in [5.74, 6) is 0. The van der Waals surface area contributed by atoms with Gasteiger partial charge in [0.2, 0.25) is 0 Å². The summed E-state index contributed by atoms with van der Waals surface area (Å²) in [5, 5.41) is 1.88. The molecule has 15 heavy (non-hydrogen) atoms. The van der Waals surface area contributed by atoms with Gasteiger partial charge in [0.1, 0.15) is 4.70 Å². The molecular weight excluding hydrogens is 228 g/mol. The van der Waals surface area contributed by atoms with E-state index in [1.807, 2.05) is 18.4 Å². The Hall–Kier alpha value is -1.20. The van der Waals surface area contributed by atoms with Crippen LogP contribution in [0, 0.1) is 4.77 Å². The third kappa shape index (κ3) is 1.80. The van der Waals surface area contributed by atoms with Gasteiger partial charge in [-0.2, -0.15) is 0 Å². The fourth-order valence-corrected chi connectivity index (χ4v) is 2.44. The first-order valence-electron chi connectivity index (χ1n) is 4.44. The third-order valence-corrected chi connectivity index (χ3v) is 3.24. The van der Waals surface area contributed by atoms with Crippen molar-refractivity contribution in [3.05, 3.63) is 38.7 Å². The maximum Gasteiger partial charge on any atom is 0.272 e. The molecule has 0 spiro atoms. The topological polar surface area (TPSA) is 37.8 Å². The molecule has 1 N–H and O–H groups in total. The van der Waals surface area contributed by atoms with Crippen molar-refractivity contribution in [2.45, 2.75) is 13.5 Å². The fourth-order valence-electron chi connectivity index (χ4n) is 1.38. The lowest BCUT2D eigenvalue weighted by atomic mass is 10.3. The maximum atomic E-state index is 12.0. The molecule has 0 fully saturated rings. The summed E-state index contributed by atoms with van der Waals surface area (Å²) in [5.41, 5.74) is 1.69. The first kappa shape index (κ1) is 10.3. The molecule has 0 amide bonds. The summed E-state index contributed by atoms with van der Waals surface area (Å²) in [7, 11) is 0. The second kappa shape index (κ2) is 3.75. The van der Waals surface area contributed by atoms with E-state index in [0.717, 1.165) is 11.1 Å². The van der Waals surface area contributed by atoms with Gasteiger partial charge in [-0.3, -0.25) is 9.36 Å². The van der Waals surface area contributed by atoms with E-state index in [4.69, 9.17) is 12.2 Å². The van der Waals surface area contributed by atoms with Gasteiger partial charge in [-0.15, -0.1) is 11.3 Å². The van der Waals surface area contributed by atoms with Crippen molar-refractivity contribution in [1.29, 1.82) is 0 Å².